The van der Waals surface area contributed by atoms with Gasteiger partial charge in [0, 0.05) is 30.4 Å². The van der Waals surface area contributed by atoms with Crippen LogP contribution in [0, 0.1) is 5.92 Å². The summed E-state index contributed by atoms with van der Waals surface area (Å²) in [5.74, 6) is 2.03. The van der Waals surface area contributed by atoms with E-state index in [9.17, 15) is 5.11 Å². The fourth-order valence-corrected chi connectivity index (χ4v) is 2.67. The zero-order valence-corrected chi connectivity index (χ0v) is 12.9. The lowest BCUT2D eigenvalue weighted by atomic mass is 10.1. The number of furan rings is 1. The molecule has 0 aliphatic rings. The summed E-state index contributed by atoms with van der Waals surface area (Å²) in [6, 6.07) is 3.65. The maximum absolute atomic E-state index is 10.0. The minimum atomic E-state index is -0.601. The van der Waals surface area contributed by atoms with Crippen molar-refractivity contribution in [1.29, 1.82) is 0 Å². The largest absolute Gasteiger partial charge is 0.467 e. The van der Waals surface area contributed by atoms with E-state index in [-0.39, 0.29) is 6.04 Å². The second-order valence-corrected chi connectivity index (χ2v) is 6.18. The van der Waals surface area contributed by atoms with Gasteiger partial charge in [-0.15, -0.1) is 0 Å². The lowest BCUT2D eigenvalue weighted by Gasteiger charge is -2.15. The van der Waals surface area contributed by atoms with Gasteiger partial charge in [-0.1, -0.05) is 13.8 Å². The Bertz CT molecular complexity index is 510. The molecule has 2 rings (SSSR count). The highest BCUT2D eigenvalue weighted by Crippen LogP contribution is 2.21. The summed E-state index contributed by atoms with van der Waals surface area (Å²) in [5.41, 5.74) is 0. The summed E-state index contributed by atoms with van der Waals surface area (Å²) in [7, 11) is 0. The van der Waals surface area contributed by atoms with Crippen molar-refractivity contribution in [2.75, 3.05) is 5.32 Å². The summed E-state index contributed by atoms with van der Waals surface area (Å²) < 4.78 is 9.52. The number of aromatic nitrogens is 2. The van der Waals surface area contributed by atoms with Crippen LogP contribution in [-0.2, 0) is 6.42 Å². The molecule has 0 spiro atoms. The Morgan fingerprint density at radius 1 is 1.40 bits per heavy atom. The molecule has 0 aliphatic carbocycles. The normalized spacial score (nSPS) is 14.4. The van der Waals surface area contributed by atoms with Crippen molar-refractivity contribution in [1.82, 2.24) is 9.36 Å². The van der Waals surface area contributed by atoms with Crippen molar-refractivity contribution >= 4 is 16.7 Å². The van der Waals surface area contributed by atoms with Gasteiger partial charge < -0.3 is 14.8 Å². The average Bonchev–Trinajstić information content (AvgIpc) is 2.99. The lowest BCUT2D eigenvalue weighted by molar-refractivity contribution is 0.136. The fourth-order valence-electron chi connectivity index (χ4n) is 1.96. The van der Waals surface area contributed by atoms with Crippen LogP contribution < -0.4 is 5.32 Å². The van der Waals surface area contributed by atoms with Crippen molar-refractivity contribution in [3.8, 4) is 0 Å². The van der Waals surface area contributed by atoms with Crippen molar-refractivity contribution in [3.63, 3.8) is 0 Å². The molecule has 6 heteroatoms. The molecule has 5 nitrogen and oxygen atoms in total. The van der Waals surface area contributed by atoms with Crippen LogP contribution in [0.5, 0.6) is 0 Å². The van der Waals surface area contributed by atoms with Gasteiger partial charge in [0.1, 0.15) is 17.7 Å². The molecule has 2 atom stereocenters. The highest BCUT2D eigenvalue weighted by Gasteiger charge is 2.16. The van der Waals surface area contributed by atoms with Crippen LogP contribution in [0.2, 0.25) is 0 Å². The third-order valence-corrected chi connectivity index (χ3v) is 3.56. The molecular weight excluding hydrogens is 274 g/mol. The van der Waals surface area contributed by atoms with Crippen molar-refractivity contribution in [3.05, 3.63) is 30.0 Å². The van der Waals surface area contributed by atoms with Gasteiger partial charge in [0.2, 0.25) is 5.13 Å². The van der Waals surface area contributed by atoms with Crippen LogP contribution in [0.4, 0.5) is 5.13 Å². The molecule has 2 aromatic rings. The highest BCUT2D eigenvalue weighted by atomic mass is 32.1. The van der Waals surface area contributed by atoms with Gasteiger partial charge in [0.25, 0.3) is 0 Å². The first-order chi connectivity index (χ1) is 9.54. The number of aliphatic hydroxyl groups excluding tert-OH is 1. The number of nitrogens with zero attached hydrogens (tertiary/aromatic N) is 2. The molecule has 2 unspecified atom stereocenters. The van der Waals surface area contributed by atoms with Gasteiger partial charge in [0.05, 0.1) is 6.26 Å². The summed E-state index contributed by atoms with van der Waals surface area (Å²) in [6.07, 6.45) is 2.42. The molecule has 20 heavy (non-hydrogen) atoms. The molecule has 110 valence electrons. The fraction of sp³-hybridized carbons (Fsp3) is 0.571. The minimum absolute atomic E-state index is 0.0925. The zero-order chi connectivity index (χ0) is 14.5. The lowest BCUT2D eigenvalue weighted by Crippen LogP contribution is -2.18. The van der Waals surface area contributed by atoms with E-state index in [4.69, 9.17) is 4.42 Å². The summed E-state index contributed by atoms with van der Waals surface area (Å²) >= 11 is 1.37. The molecule has 0 saturated heterocycles. The first kappa shape index (κ1) is 15.0. The summed E-state index contributed by atoms with van der Waals surface area (Å²) in [5, 5.41) is 14.1. The van der Waals surface area contributed by atoms with E-state index in [1.54, 1.807) is 18.4 Å². The Kier molecular flexibility index (Phi) is 5.14. The molecule has 0 radical (unpaired) electrons. The van der Waals surface area contributed by atoms with E-state index >= 15 is 0 Å². The Morgan fingerprint density at radius 2 is 2.20 bits per heavy atom. The van der Waals surface area contributed by atoms with E-state index in [0.29, 0.717) is 18.1 Å². The Balaban J connectivity index is 1.85. The summed E-state index contributed by atoms with van der Waals surface area (Å²) in [4.78, 5) is 4.45. The van der Waals surface area contributed by atoms with E-state index < -0.39 is 6.10 Å². The van der Waals surface area contributed by atoms with Gasteiger partial charge in [-0.25, -0.2) is 4.98 Å². The third kappa shape index (κ3) is 4.31. The maximum Gasteiger partial charge on any atom is 0.202 e. The molecule has 0 bridgehead atoms. The van der Waals surface area contributed by atoms with E-state index in [2.05, 4.69) is 28.5 Å². The Labute approximate surface area is 123 Å². The molecule has 0 saturated carbocycles. The van der Waals surface area contributed by atoms with Gasteiger partial charge in [0.15, 0.2) is 0 Å². The first-order valence-electron chi connectivity index (χ1n) is 6.85. The molecule has 0 aromatic carbocycles. The van der Waals surface area contributed by atoms with Crippen LogP contribution >= 0.6 is 11.5 Å². The number of hydrogen-bond acceptors (Lipinski definition) is 6. The minimum Gasteiger partial charge on any atom is -0.467 e. The van der Waals surface area contributed by atoms with Gasteiger partial charge in [-0.05, 0) is 25.0 Å². The predicted molar refractivity (Wildman–Crippen MR) is 79.8 cm³/mol. The van der Waals surface area contributed by atoms with E-state index in [1.807, 2.05) is 6.92 Å². The van der Waals surface area contributed by atoms with Crippen LogP contribution in [0.25, 0.3) is 0 Å². The van der Waals surface area contributed by atoms with Crippen molar-refractivity contribution in [2.24, 2.45) is 5.92 Å². The third-order valence-electron chi connectivity index (χ3n) is 2.88. The Hall–Kier alpha value is -1.40. The quantitative estimate of drug-likeness (QED) is 0.820. The van der Waals surface area contributed by atoms with Gasteiger partial charge in [-0.2, -0.15) is 4.37 Å². The number of hydrogen-bond donors (Lipinski definition) is 2. The SMILES string of the molecule is CC(C)Cc1nsc(NC(C)CC(O)c2ccco2)n1. The zero-order valence-electron chi connectivity index (χ0n) is 12.0. The molecule has 2 aromatic heterocycles. The van der Waals surface area contributed by atoms with Gasteiger partial charge >= 0.3 is 0 Å². The van der Waals surface area contributed by atoms with Crippen LogP contribution in [0.3, 0.4) is 0 Å². The van der Waals surface area contributed by atoms with Gasteiger partial charge in [-0.3, -0.25) is 0 Å². The standard InChI is InChI=1S/C14H21N3O2S/c1-9(2)7-13-16-14(20-17-13)15-10(3)8-11(18)12-5-4-6-19-12/h4-6,9-11,18H,7-8H2,1-3H3,(H,15,16,17). The van der Waals surface area contributed by atoms with E-state index in [1.165, 1.54) is 11.5 Å². The maximum atomic E-state index is 10.0. The van der Waals surface area contributed by atoms with Crippen molar-refractivity contribution < 1.29 is 9.52 Å². The van der Waals surface area contributed by atoms with Crippen LogP contribution in [0.1, 0.15) is 44.9 Å². The molecule has 0 amide bonds. The number of aliphatic hydroxyl groups is 1. The molecule has 2 heterocycles. The predicted octanol–water partition coefficient (Wildman–Crippen LogP) is 3.25. The first-order valence-corrected chi connectivity index (χ1v) is 7.62. The number of rotatable bonds is 7. The molecular formula is C14H21N3O2S. The van der Waals surface area contributed by atoms with Crippen LogP contribution in [0.15, 0.2) is 22.8 Å². The van der Waals surface area contributed by atoms with Crippen molar-refractivity contribution in [2.45, 2.75) is 45.8 Å². The molecule has 0 fully saturated rings. The molecule has 2 N–H and O–H groups in total. The second kappa shape index (κ2) is 6.85. The topological polar surface area (TPSA) is 71.2 Å². The Morgan fingerprint density at radius 3 is 2.85 bits per heavy atom. The van der Waals surface area contributed by atoms with Crippen LogP contribution in [-0.4, -0.2) is 20.5 Å². The highest BCUT2D eigenvalue weighted by molar-refractivity contribution is 7.09. The monoisotopic (exact) mass is 295 g/mol. The average molecular weight is 295 g/mol. The molecule has 0 aliphatic heterocycles. The number of nitrogens with one attached hydrogen (secondary N) is 1. The number of anilines is 1. The summed E-state index contributed by atoms with van der Waals surface area (Å²) in [6.45, 7) is 6.31. The second-order valence-electron chi connectivity index (χ2n) is 5.43. The van der Waals surface area contributed by atoms with E-state index in [0.717, 1.165) is 17.4 Å². The smallest absolute Gasteiger partial charge is 0.202 e.